The lowest BCUT2D eigenvalue weighted by molar-refractivity contribution is 0.547. The molecule has 4 heteroatoms. The van der Waals surface area contributed by atoms with E-state index in [1.54, 1.807) is 0 Å². The van der Waals surface area contributed by atoms with E-state index in [1.807, 2.05) is 6.92 Å². The molecule has 1 aromatic carbocycles. The van der Waals surface area contributed by atoms with Crippen LogP contribution in [0.25, 0.3) is 0 Å². The van der Waals surface area contributed by atoms with Crippen LogP contribution in [0.15, 0.2) is 24.3 Å². The SMILES string of the molecule is C=C(CC)CNc1c(F)cc(F)cc1F. The van der Waals surface area contributed by atoms with Crippen molar-refractivity contribution in [2.24, 2.45) is 0 Å². The molecule has 0 aliphatic rings. The number of nitrogens with one attached hydrogen (secondary N) is 1. The van der Waals surface area contributed by atoms with Gasteiger partial charge in [0.2, 0.25) is 0 Å². The molecule has 0 spiro atoms. The second-order valence-corrected chi connectivity index (χ2v) is 3.20. The molecule has 0 amide bonds. The summed E-state index contributed by atoms with van der Waals surface area (Å²) in [6, 6.07) is 1.28. The molecule has 0 aliphatic heterocycles. The van der Waals surface area contributed by atoms with Crippen molar-refractivity contribution in [2.75, 3.05) is 11.9 Å². The number of anilines is 1. The van der Waals surface area contributed by atoms with E-state index in [0.717, 1.165) is 12.0 Å². The highest BCUT2D eigenvalue weighted by Crippen LogP contribution is 2.20. The van der Waals surface area contributed by atoms with Crippen LogP contribution in [-0.4, -0.2) is 6.54 Å². The zero-order valence-corrected chi connectivity index (χ0v) is 8.41. The summed E-state index contributed by atoms with van der Waals surface area (Å²) in [4.78, 5) is 0. The molecular weight excluding hydrogens is 203 g/mol. The highest BCUT2D eigenvalue weighted by atomic mass is 19.1. The van der Waals surface area contributed by atoms with Crippen LogP contribution in [0.4, 0.5) is 18.9 Å². The molecular formula is C11H12F3N. The lowest BCUT2D eigenvalue weighted by Crippen LogP contribution is -2.07. The summed E-state index contributed by atoms with van der Waals surface area (Å²) >= 11 is 0. The Labute approximate surface area is 86.6 Å². The van der Waals surface area contributed by atoms with Gasteiger partial charge in [-0.1, -0.05) is 19.1 Å². The Balaban J connectivity index is 2.81. The third-order valence-corrected chi connectivity index (χ3v) is 2.02. The zero-order valence-electron chi connectivity index (χ0n) is 8.41. The quantitative estimate of drug-likeness (QED) is 0.758. The second kappa shape index (κ2) is 4.87. The molecule has 0 atom stereocenters. The van der Waals surface area contributed by atoms with Gasteiger partial charge in [0, 0.05) is 18.7 Å². The molecule has 0 aromatic heterocycles. The van der Waals surface area contributed by atoms with E-state index in [0.29, 0.717) is 12.1 Å². The van der Waals surface area contributed by atoms with E-state index >= 15 is 0 Å². The molecule has 15 heavy (non-hydrogen) atoms. The number of rotatable bonds is 4. The molecule has 1 nitrogen and oxygen atoms in total. The van der Waals surface area contributed by atoms with Gasteiger partial charge in [-0.3, -0.25) is 0 Å². The molecule has 82 valence electrons. The van der Waals surface area contributed by atoms with E-state index in [4.69, 9.17) is 0 Å². The summed E-state index contributed by atoms with van der Waals surface area (Å²) in [6.45, 7) is 5.85. The van der Waals surface area contributed by atoms with Crippen LogP contribution < -0.4 is 5.32 Å². The Morgan fingerprint density at radius 3 is 2.27 bits per heavy atom. The summed E-state index contributed by atoms with van der Waals surface area (Å²) in [5.74, 6) is -2.79. The van der Waals surface area contributed by atoms with Crippen LogP contribution in [0.2, 0.25) is 0 Å². The fourth-order valence-electron chi connectivity index (χ4n) is 1.05. The molecule has 0 bridgehead atoms. The van der Waals surface area contributed by atoms with Gasteiger partial charge >= 0.3 is 0 Å². The van der Waals surface area contributed by atoms with Gasteiger partial charge in [0.1, 0.15) is 11.5 Å². The van der Waals surface area contributed by atoms with Crippen molar-refractivity contribution in [3.8, 4) is 0 Å². The molecule has 1 aromatic rings. The maximum Gasteiger partial charge on any atom is 0.152 e. The fourth-order valence-corrected chi connectivity index (χ4v) is 1.05. The monoisotopic (exact) mass is 215 g/mol. The van der Waals surface area contributed by atoms with E-state index in [-0.39, 0.29) is 12.2 Å². The topological polar surface area (TPSA) is 12.0 Å². The van der Waals surface area contributed by atoms with Gasteiger partial charge in [-0.15, -0.1) is 0 Å². The predicted octanol–water partition coefficient (Wildman–Crippen LogP) is 3.48. The van der Waals surface area contributed by atoms with Crippen LogP contribution in [0.5, 0.6) is 0 Å². The van der Waals surface area contributed by atoms with E-state index < -0.39 is 17.5 Å². The maximum absolute atomic E-state index is 13.1. The van der Waals surface area contributed by atoms with Crippen molar-refractivity contribution in [1.29, 1.82) is 0 Å². The molecule has 0 unspecified atom stereocenters. The molecule has 0 radical (unpaired) electrons. The number of hydrogen-bond donors (Lipinski definition) is 1. The predicted molar refractivity (Wildman–Crippen MR) is 54.2 cm³/mol. The van der Waals surface area contributed by atoms with Gasteiger partial charge < -0.3 is 5.32 Å². The normalized spacial score (nSPS) is 10.1. The number of hydrogen-bond acceptors (Lipinski definition) is 1. The first-order chi connectivity index (χ1) is 7.04. The average Bonchev–Trinajstić information content (AvgIpc) is 2.15. The second-order valence-electron chi connectivity index (χ2n) is 3.20. The summed E-state index contributed by atoms with van der Waals surface area (Å²) in [7, 11) is 0. The third kappa shape index (κ3) is 3.01. The lowest BCUT2D eigenvalue weighted by atomic mass is 10.2. The average molecular weight is 215 g/mol. The van der Waals surface area contributed by atoms with Crippen molar-refractivity contribution in [2.45, 2.75) is 13.3 Å². The van der Waals surface area contributed by atoms with Gasteiger partial charge in [0.15, 0.2) is 11.6 Å². The Morgan fingerprint density at radius 2 is 1.80 bits per heavy atom. The largest absolute Gasteiger partial charge is 0.377 e. The van der Waals surface area contributed by atoms with Crippen molar-refractivity contribution in [3.63, 3.8) is 0 Å². The first-order valence-corrected chi connectivity index (χ1v) is 4.59. The van der Waals surface area contributed by atoms with E-state index in [2.05, 4.69) is 11.9 Å². The number of halogens is 3. The first-order valence-electron chi connectivity index (χ1n) is 4.59. The summed E-state index contributed by atoms with van der Waals surface area (Å²) in [5, 5.41) is 2.54. The summed E-state index contributed by atoms with van der Waals surface area (Å²) in [5.41, 5.74) is 0.504. The van der Waals surface area contributed by atoms with Crippen LogP contribution in [0.3, 0.4) is 0 Å². The summed E-state index contributed by atoms with van der Waals surface area (Å²) in [6.07, 6.45) is 0.720. The Morgan fingerprint density at radius 1 is 1.27 bits per heavy atom. The Bertz CT molecular complexity index is 351. The lowest BCUT2D eigenvalue weighted by Gasteiger charge is -2.09. The van der Waals surface area contributed by atoms with Gasteiger partial charge in [0.05, 0.1) is 0 Å². The maximum atomic E-state index is 13.1. The van der Waals surface area contributed by atoms with Gasteiger partial charge in [-0.25, -0.2) is 13.2 Å². The van der Waals surface area contributed by atoms with Crippen LogP contribution in [0, 0.1) is 17.5 Å². The minimum absolute atomic E-state index is 0.274. The highest BCUT2D eigenvalue weighted by Gasteiger charge is 2.10. The fraction of sp³-hybridized carbons (Fsp3) is 0.273. The van der Waals surface area contributed by atoms with Gasteiger partial charge in [0.25, 0.3) is 0 Å². The first kappa shape index (κ1) is 11.6. The minimum Gasteiger partial charge on any atom is -0.377 e. The standard InChI is InChI=1S/C11H12F3N/c1-3-7(2)6-15-11-9(13)4-8(12)5-10(11)14/h4-5,15H,2-3,6H2,1H3. The molecule has 0 heterocycles. The smallest absolute Gasteiger partial charge is 0.152 e. The van der Waals surface area contributed by atoms with Crippen molar-refractivity contribution >= 4 is 5.69 Å². The molecule has 0 aliphatic carbocycles. The van der Waals surface area contributed by atoms with Crippen molar-refractivity contribution in [3.05, 3.63) is 41.7 Å². The molecule has 1 rings (SSSR count). The van der Waals surface area contributed by atoms with Crippen LogP contribution in [-0.2, 0) is 0 Å². The summed E-state index contributed by atoms with van der Waals surface area (Å²) < 4.78 is 38.7. The Kier molecular flexibility index (Phi) is 3.77. The van der Waals surface area contributed by atoms with Crippen LogP contribution >= 0.6 is 0 Å². The van der Waals surface area contributed by atoms with E-state index in [9.17, 15) is 13.2 Å². The minimum atomic E-state index is -0.934. The van der Waals surface area contributed by atoms with Crippen molar-refractivity contribution < 1.29 is 13.2 Å². The van der Waals surface area contributed by atoms with Gasteiger partial charge in [-0.2, -0.15) is 0 Å². The van der Waals surface area contributed by atoms with Crippen LogP contribution in [0.1, 0.15) is 13.3 Å². The zero-order chi connectivity index (χ0) is 11.4. The molecule has 0 saturated carbocycles. The molecule has 1 N–H and O–H groups in total. The number of benzene rings is 1. The van der Waals surface area contributed by atoms with Gasteiger partial charge in [-0.05, 0) is 6.42 Å². The third-order valence-electron chi connectivity index (χ3n) is 2.02. The molecule has 0 saturated heterocycles. The van der Waals surface area contributed by atoms with E-state index in [1.165, 1.54) is 0 Å². The highest BCUT2D eigenvalue weighted by molar-refractivity contribution is 5.47. The Hall–Kier alpha value is -1.45. The van der Waals surface area contributed by atoms with Crippen molar-refractivity contribution in [1.82, 2.24) is 0 Å². The molecule has 0 fully saturated rings.